The van der Waals surface area contributed by atoms with E-state index >= 15 is 0 Å². The van der Waals surface area contributed by atoms with Gasteiger partial charge >= 0.3 is 0 Å². The Morgan fingerprint density at radius 2 is 2.19 bits per heavy atom. The smallest absolute Gasteiger partial charge is 0.118 e. The van der Waals surface area contributed by atoms with E-state index in [1.165, 1.54) is 6.42 Å². The van der Waals surface area contributed by atoms with Crippen LogP contribution >= 0.6 is 11.6 Å². The number of methoxy groups -OCH3 is 1. The average Bonchev–Trinajstić information content (AvgIpc) is 3.03. The van der Waals surface area contributed by atoms with Gasteiger partial charge in [-0.1, -0.05) is 32.4 Å². The first-order valence-corrected chi connectivity index (χ1v) is 8.09. The molecule has 0 saturated heterocycles. The molecule has 1 N–H and O–H groups in total. The number of ether oxygens (including phenoxy) is 1. The van der Waals surface area contributed by atoms with Gasteiger partial charge in [0.05, 0.1) is 30.1 Å². The van der Waals surface area contributed by atoms with Crippen LogP contribution < -0.4 is 0 Å². The standard InChI is InChI=1S/C16H25ClN2O2/c1-14(2)11-5-6-15(3,9-11)16(14,20)13-12(17)10-18-19(13)7-8-21-4/h10-11,20H,5-9H2,1-4H3. The number of rotatable bonds is 4. The van der Waals surface area contributed by atoms with E-state index < -0.39 is 5.60 Å². The molecule has 2 saturated carbocycles. The molecule has 2 bridgehead atoms. The first-order valence-electron chi connectivity index (χ1n) is 7.71. The first-order chi connectivity index (χ1) is 9.78. The zero-order valence-corrected chi connectivity index (χ0v) is 14.1. The van der Waals surface area contributed by atoms with Crippen LogP contribution in [0.5, 0.6) is 0 Å². The summed E-state index contributed by atoms with van der Waals surface area (Å²) in [5.74, 6) is 0.536. The van der Waals surface area contributed by atoms with Crippen molar-refractivity contribution in [3.05, 3.63) is 16.9 Å². The zero-order chi connectivity index (χ0) is 15.5. The van der Waals surface area contributed by atoms with Gasteiger partial charge in [0.15, 0.2) is 0 Å². The number of aromatic nitrogens is 2. The van der Waals surface area contributed by atoms with Crippen molar-refractivity contribution in [1.82, 2.24) is 9.78 Å². The van der Waals surface area contributed by atoms with Gasteiger partial charge in [-0.25, -0.2) is 0 Å². The van der Waals surface area contributed by atoms with Gasteiger partial charge in [0.25, 0.3) is 0 Å². The van der Waals surface area contributed by atoms with E-state index in [0.29, 0.717) is 24.1 Å². The molecule has 5 heteroatoms. The molecule has 3 unspecified atom stereocenters. The van der Waals surface area contributed by atoms with E-state index in [-0.39, 0.29) is 10.8 Å². The van der Waals surface area contributed by atoms with Crippen LogP contribution in [0.15, 0.2) is 6.20 Å². The normalized spacial score (nSPS) is 37.3. The summed E-state index contributed by atoms with van der Waals surface area (Å²) < 4.78 is 6.99. The predicted octanol–water partition coefficient (Wildman–Crippen LogP) is 3.22. The number of hydrogen-bond donors (Lipinski definition) is 1. The van der Waals surface area contributed by atoms with E-state index in [1.807, 2.05) is 4.68 Å². The van der Waals surface area contributed by atoms with E-state index in [1.54, 1.807) is 13.3 Å². The summed E-state index contributed by atoms with van der Waals surface area (Å²) in [4.78, 5) is 0. The van der Waals surface area contributed by atoms with Gasteiger partial charge in [0.2, 0.25) is 0 Å². The fraction of sp³-hybridized carbons (Fsp3) is 0.812. The highest BCUT2D eigenvalue weighted by Crippen LogP contribution is 2.72. The summed E-state index contributed by atoms with van der Waals surface area (Å²) in [7, 11) is 1.67. The quantitative estimate of drug-likeness (QED) is 0.928. The topological polar surface area (TPSA) is 47.3 Å². The van der Waals surface area contributed by atoms with Crippen molar-refractivity contribution in [2.75, 3.05) is 13.7 Å². The molecule has 0 radical (unpaired) electrons. The zero-order valence-electron chi connectivity index (χ0n) is 13.3. The average molecular weight is 313 g/mol. The lowest BCUT2D eigenvalue weighted by Crippen LogP contribution is -2.52. The molecule has 118 valence electrons. The lowest BCUT2D eigenvalue weighted by molar-refractivity contribution is -0.156. The SMILES string of the molecule is COCCn1ncc(Cl)c1C1(O)C2(C)CCC(C2)C1(C)C. The van der Waals surface area contributed by atoms with E-state index in [9.17, 15) is 5.11 Å². The van der Waals surface area contributed by atoms with Crippen LogP contribution in [0.1, 0.15) is 45.7 Å². The summed E-state index contributed by atoms with van der Waals surface area (Å²) >= 11 is 6.44. The van der Waals surface area contributed by atoms with Gasteiger partial charge in [-0.3, -0.25) is 4.68 Å². The molecular weight excluding hydrogens is 288 g/mol. The fourth-order valence-corrected chi connectivity index (χ4v) is 5.20. The minimum Gasteiger partial charge on any atom is -0.383 e. The Morgan fingerprint density at radius 3 is 2.76 bits per heavy atom. The molecule has 2 aliphatic carbocycles. The third-order valence-corrected chi connectivity index (χ3v) is 6.49. The van der Waals surface area contributed by atoms with Gasteiger partial charge in [-0.15, -0.1) is 0 Å². The van der Waals surface area contributed by atoms with Gasteiger partial charge in [0.1, 0.15) is 5.60 Å². The van der Waals surface area contributed by atoms with Crippen molar-refractivity contribution in [1.29, 1.82) is 0 Å². The Hall–Kier alpha value is -0.580. The molecule has 2 aliphatic rings. The molecule has 3 rings (SSSR count). The van der Waals surface area contributed by atoms with Gasteiger partial charge < -0.3 is 9.84 Å². The highest BCUT2D eigenvalue weighted by atomic mass is 35.5. The van der Waals surface area contributed by atoms with Crippen LogP contribution in [0, 0.1) is 16.7 Å². The number of nitrogens with zero attached hydrogens (tertiary/aromatic N) is 2. The molecule has 1 aromatic heterocycles. The molecule has 1 aromatic rings. The van der Waals surface area contributed by atoms with Gasteiger partial charge in [-0.05, 0) is 25.2 Å². The molecule has 0 amide bonds. The third kappa shape index (κ3) is 1.79. The van der Waals surface area contributed by atoms with Crippen LogP contribution in [0.4, 0.5) is 0 Å². The van der Waals surface area contributed by atoms with Crippen molar-refractivity contribution in [3.63, 3.8) is 0 Å². The second-order valence-corrected chi connectivity index (χ2v) is 7.90. The van der Waals surface area contributed by atoms with E-state index in [4.69, 9.17) is 16.3 Å². The van der Waals surface area contributed by atoms with Crippen LogP contribution in [0.2, 0.25) is 5.02 Å². The number of aliphatic hydroxyl groups is 1. The lowest BCUT2D eigenvalue weighted by atomic mass is 9.59. The van der Waals surface area contributed by atoms with Crippen molar-refractivity contribution >= 4 is 11.6 Å². The molecule has 0 aliphatic heterocycles. The molecule has 0 aromatic carbocycles. The Kier molecular flexibility index (Phi) is 3.43. The third-order valence-electron chi connectivity index (χ3n) is 6.21. The maximum Gasteiger partial charge on any atom is 0.118 e. The largest absolute Gasteiger partial charge is 0.383 e. The van der Waals surface area contributed by atoms with Gasteiger partial charge in [-0.2, -0.15) is 5.10 Å². The van der Waals surface area contributed by atoms with E-state index in [0.717, 1.165) is 18.5 Å². The predicted molar refractivity (Wildman–Crippen MR) is 82.2 cm³/mol. The molecule has 3 atom stereocenters. The highest BCUT2D eigenvalue weighted by Gasteiger charge is 2.70. The second-order valence-electron chi connectivity index (χ2n) is 7.49. The number of hydrogen-bond acceptors (Lipinski definition) is 3. The first kappa shape index (κ1) is 15.3. The molecule has 21 heavy (non-hydrogen) atoms. The minimum absolute atomic E-state index is 0.129. The maximum atomic E-state index is 11.8. The molecule has 0 spiro atoms. The van der Waals surface area contributed by atoms with Crippen LogP contribution in [-0.4, -0.2) is 28.6 Å². The summed E-state index contributed by atoms with van der Waals surface area (Å²) in [6, 6.07) is 0. The summed E-state index contributed by atoms with van der Waals surface area (Å²) in [6.07, 6.45) is 4.94. The monoisotopic (exact) mass is 312 g/mol. The minimum atomic E-state index is -0.940. The van der Waals surface area contributed by atoms with Crippen LogP contribution in [0.3, 0.4) is 0 Å². The second kappa shape index (κ2) is 4.71. The summed E-state index contributed by atoms with van der Waals surface area (Å²) in [5, 5.41) is 16.7. The number of fused-ring (bicyclic) bond motifs is 2. The Morgan fingerprint density at radius 1 is 1.48 bits per heavy atom. The van der Waals surface area contributed by atoms with E-state index in [2.05, 4.69) is 25.9 Å². The Labute approximate surface area is 131 Å². The van der Waals surface area contributed by atoms with Crippen molar-refractivity contribution in [2.24, 2.45) is 16.7 Å². The summed E-state index contributed by atoms with van der Waals surface area (Å²) in [5.41, 5.74) is -0.495. The molecule has 4 nitrogen and oxygen atoms in total. The Balaban J connectivity index is 2.12. The van der Waals surface area contributed by atoms with Crippen molar-refractivity contribution < 1.29 is 9.84 Å². The van der Waals surface area contributed by atoms with Crippen molar-refractivity contribution in [2.45, 2.75) is 52.2 Å². The Bertz CT molecular complexity index is 550. The maximum absolute atomic E-state index is 11.8. The van der Waals surface area contributed by atoms with Crippen LogP contribution in [-0.2, 0) is 16.9 Å². The number of halogens is 1. The van der Waals surface area contributed by atoms with Crippen molar-refractivity contribution in [3.8, 4) is 0 Å². The van der Waals surface area contributed by atoms with Crippen LogP contribution in [0.25, 0.3) is 0 Å². The lowest BCUT2D eigenvalue weighted by Gasteiger charge is -2.50. The molecular formula is C16H25ClN2O2. The fourth-order valence-electron chi connectivity index (χ4n) is 4.92. The molecule has 1 heterocycles. The highest BCUT2D eigenvalue weighted by molar-refractivity contribution is 6.31. The van der Waals surface area contributed by atoms with Gasteiger partial charge in [0, 0.05) is 17.9 Å². The summed E-state index contributed by atoms with van der Waals surface area (Å²) in [6.45, 7) is 7.71. The molecule has 2 fully saturated rings.